The Morgan fingerprint density at radius 3 is 2.90 bits per heavy atom. The molecule has 0 atom stereocenters. The van der Waals surface area contributed by atoms with Crippen LogP contribution in [-0.2, 0) is 16.6 Å². The van der Waals surface area contributed by atoms with Crippen molar-refractivity contribution in [3.63, 3.8) is 0 Å². The summed E-state index contributed by atoms with van der Waals surface area (Å²) in [6.07, 6.45) is 0.915. The molecule has 1 heterocycles. The number of halogens is 1. The van der Waals surface area contributed by atoms with Crippen LogP contribution in [0.1, 0.15) is 18.9 Å². The van der Waals surface area contributed by atoms with E-state index in [0.29, 0.717) is 29.0 Å². The number of rotatable bonds is 5. The van der Waals surface area contributed by atoms with E-state index in [0.717, 1.165) is 30.0 Å². The lowest BCUT2D eigenvalue weighted by Gasteiger charge is -2.21. The van der Waals surface area contributed by atoms with Gasteiger partial charge in [0.15, 0.2) is 0 Å². The average Bonchev–Trinajstić information content (AvgIpc) is 2.75. The number of hydrogen-bond donors (Lipinski definition) is 1. The molecule has 1 fully saturated rings. The Morgan fingerprint density at radius 2 is 2.14 bits per heavy atom. The average molecular weight is 393 g/mol. The lowest BCUT2D eigenvalue weighted by Crippen LogP contribution is -2.33. The molecule has 21 heavy (non-hydrogen) atoms. The lowest BCUT2D eigenvalue weighted by atomic mass is 10.2. The molecule has 0 amide bonds. The monoisotopic (exact) mass is 392 g/mol. The first-order valence-corrected chi connectivity index (χ1v) is 10.5. The predicted octanol–water partition coefficient (Wildman–Crippen LogP) is 2.69. The van der Waals surface area contributed by atoms with Crippen molar-refractivity contribution in [2.75, 3.05) is 31.1 Å². The second-order valence-electron chi connectivity index (χ2n) is 4.92. The van der Waals surface area contributed by atoms with Gasteiger partial charge in [-0.1, -0.05) is 13.0 Å². The van der Waals surface area contributed by atoms with Crippen LogP contribution in [-0.4, -0.2) is 43.9 Å². The maximum Gasteiger partial charge on any atom is 0.244 e. The van der Waals surface area contributed by atoms with Gasteiger partial charge >= 0.3 is 0 Å². The van der Waals surface area contributed by atoms with Crippen LogP contribution < -0.4 is 5.32 Å². The minimum Gasteiger partial charge on any atom is -0.313 e. The van der Waals surface area contributed by atoms with Gasteiger partial charge in [-0.05, 0) is 52.3 Å². The second kappa shape index (κ2) is 7.97. The van der Waals surface area contributed by atoms with Crippen molar-refractivity contribution < 1.29 is 8.42 Å². The smallest absolute Gasteiger partial charge is 0.244 e. The molecule has 1 aliphatic rings. The summed E-state index contributed by atoms with van der Waals surface area (Å²) in [5.41, 5.74) is 0.989. The van der Waals surface area contributed by atoms with Crippen molar-refractivity contribution >= 4 is 37.7 Å². The zero-order chi connectivity index (χ0) is 15.3. The van der Waals surface area contributed by atoms with Crippen molar-refractivity contribution in [2.45, 2.75) is 24.8 Å². The normalized spacial score (nSPS) is 17.6. The van der Waals surface area contributed by atoms with Crippen molar-refractivity contribution in [1.82, 2.24) is 9.62 Å². The molecule has 0 aliphatic carbocycles. The van der Waals surface area contributed by atoms with E-state index < -0.39 is 10.0 Å². The molecule has 7 heteroatoms. The maximum atomic E-state index is 12.9. The molecule has 0 radical (unpaired) electrons. The highest BCUT2D eigenvalue weighted by atomic mass is 79.9. The number of nitrogens with one attached hydrogen (secondary N) is 1. The van der Waals surface area contributed by atoms with E-state index in [1.54, 1.807) is 10.4 Å². The van der Waals surface area contributed by atoms with Crippen LogP contribution in [0.5, 0.6) is 0 Å². The SMILES string of the molecule is CCNCc1ccc(Br)c(S(=O)(=O)N2CCCSCC2)c1. The van der Waals surface area contributed by atoms with Gasteiger partial charge in [0.2, 0.25) is 10.0 Å². The molecular formula is C14H21BrN2O2S2. The largest absolute Gasteiger partial charge is 0.313 e. The zero-order valence-electron chi connectivity index (χ0n) is 12.1. The molecule has 1 aromatic rings. The minimum absolute atomic E-state index is 0.379. The van der Waals surface area contributed by atoms with Gasteiger partial charge in [0.1, 0.15) is 0 Å². The molecule has 1 N–H and O–H groups in total. The zero-order valence-corrected chi connectivity index (χ0v) is 15.4. The summed E-state index contributed by atoms with van der Waals surface area (Å²) in [6, 6.07) is 5.55. The third-order valence-corrected chi connectivity index (χ3v) is 7.31. The number of benzene rings is 1. The molecule has 0 bridgehead atoms. The Bertz CT molecular complexity index is 570. The van der Waals surface area contributed by atoms with Gasteiger partial charge in [-0.15, -0.1) is 0 Å². The Labute approximate surface area is 139 Å². The fraction of sp³-hybridized carbons (Fsp3) is 0.571. The van der Waals surface area contributed by atoms with E-state index in [4.69, 9.17) is 0 Å². The Hall–Kier alpha value is -0.0800. The van der Waals surface area contributed by atoms with Crippen LogP contribution in [0.25, 0.3) is 0 Å². The highest BCUT2D eigenvalue weighted by molar-refractivity contribution is 9.10. The van der Waals surface area contributed by atoms with Crippen molar-refractivity contribution in [2.24, 2.45) is 0 Å². The first kappa shape index (κ1) is 17.3. The van der Waals surface area contributed by atoms with Crippen LogP contribution >= 0.6 is 27.7 Å². The summed E-state index contributed by atoms with van der Waals surface area (Å²) >= 11 is 5.21. The van der Waals surface area contributed by atoms with E-state index in [1.807, 2.05) is 30.8 Å². The van der Waals surface area contributed by atoms with Crippen LogP contribution in [0.15, 0.2) is 27.6 Å². The number of hydrogen-bond acceptors (Lipinski definition) is 4. The molecule has 0 spiro atoms. The summed E-state index contributed by atoms with van der Waals surface area (Å²) in [5, 5.41) is 3.23. The molecule has 118 valence electrons. The first-order chi connectivity index (χ1) is 10.1. The Kier molecular flexibility index (Phi) is 6.55. The third-order valence-electron chi connectivity index (χ3n) is 3.37. The van der Waals surface area contributed by atoms with Crippen LogP contribution in [0, 0.1) is 0 Å². The van der Waals surface area contributed by atoms with Crippen LogP contribution in [0.2, 0.25) is 0 Å². The number of thioether (sulfide) groups is 1. The van der Waals surface area contributed by atoms with Gasteiger partial charge in [0, 0.05) is 29.9 Å². The summed E-state index contributed by atoms with van der Waals surface area (Å²) < 4.78 is 28.0. The topological polar surface area (TPSA) is 49.4 Å². The van der Waals surface area contributed by atoms with E-state index in [1.165, 1.54) is 0 Å². The maximum absolute atomic E-state index is 12.9. The molecule has 2 rings (SSSR count). The fourth-order valence-electron chi connectivity index (χ4n) is 2.23. The van der Waals surface area contributed by atoms with E-state index >= 15 is 0 Å². The molecule has 1 aliphatic heterocycles. The van der Waals surface area contributed by atoms with Crippen LogP contribution in [0.4, 0.5) is 0 Å². The molecular weight excluding hydrogens is 372 g/mol. The Morgan fingerprint density at radius 1 is 1.33 bits per heavy atom. The lowest BCUT2D eigenvalue weighted by molar-refractivity contribution is 0.434. The quantitative estimate of drug-likeness (QED) is 0.836. The first-order valence-electron chi connectivity index (χ1n) is 7.12. The van der Waals surface area contributed by atoms with Gasteiger partial charge in [-0.25, -0.2) is 8.42 Å². The van der Waals surface area contributed by atoms with E-state index in [-0.39, 0.29) is 0 Å². The van der Waals surface area contributed by atoms with Crippen molar-refractivity contribution in [1.29, 1.82) is 0 Å². The molecule has 4 nitrogen and oxygen atoms in total. The van der Waals surface area contributed by atoms with Crippen molar-refractivity contribution in [3.05, 3.63) is 28.2 Å². The van der Waals surface area contributed by atoms with E-state index in [2.05, 4.69) is 21.2 Å². The highest BCUT2D eigenvalue weighted by Crippen LogP contribution is 2.27. The molecule has 0 saturated carbocycles. The number of nitrogens with zero attached hydrogens (tertiary/aromatic N) is 1. The Balaban J connectivity index is 2.29. The van der Waals surface area contributed by atoms with Gasteiger partial charge in [-0.2, -0.15) is 16.1 Å². The van der Waals surface area contributed by atoms with Gasteiger partial charge in [-0.3, -0.25) is 0 Å². The summed E-state index contributed by atoms with van der Waals surface area (Å²) in [7, 11) is -3.42. The fourth-order valence-corrected chi connectivity index (χ4v) is 5.68. The molecule has 0 aromatic heterocycles. The van der Waals surface area contributed by atoms with Crippen molar-refractivity contribution in [3.8, 4) is 0 Å². The standard InChI is InChI=1S/C14H21BrN2O2S2/c1-2-16-11-12-4-5-13(15)14(10-12)21(18,19)17-6-3-8-20-9-7-17/h4-5,10,16H,2-3,6-9,11H2,1H3. The van der Waals surface area contributed by atoms with Gasteiger partial charge < -0.3 is 5.32 Å². The summed E-state index contributed by atoms with van der Waals surface area (Å²) in [5.74, 6) is 1.90. The molecule has 1 saturated heterocycles. The third kappa shape index (κ3) is 4.45. The summed E-state index contributed by atoms with van der Waals surface area (Å²) in [4.78, 5) is 0.379. The van der Waals surface area contributed by atoms with Crippen LogP contribution in [0.3, 0.4) is 0 Å². The second-order valence-corrected chi connectivity index (χ2v) is 8.90. The van der Waals surface area contributed by atoms with Gasteiger partial charge in [0.05, 0.1) is 4.90 Å². The summed E-state index contributed by atoms with van der Waals surface area (Å²) in [6.45, 7) is 4.78. The minimum atomic E-state index is -3.42. The van der Waals surface area contributed by atoms with E-state index in [9.17, 15) is 8.42 Å². The highest BCUT2D eigenvalue weighted by Gasteiger charge is 2.27. The molecule has 0 unspecified atom stereocenters. The molecule has 1 aromatic carbocycles. The predicted molar refractivity (Wildman–Crippen MR) is 92.2 cm³/mol. The number of sulfonamides is 1. The van der Waals surface area contributed by atoms with Gasteiger partial charge in [0.25, 0.3) is 0 Å².